The van der Waals surface area contributed by atoms with Gasteiger partial charge >= 0.3 is 11.9 Å². The van der Waals surface area contributed by atoms with Crippen LogP contribution in [0.3, 0.4) is 0 Å². The number of esters is 2. The topological polar surface area (TPSA) is 72.8 Å². The number of hydrogen-bond donors (Lipinski definition) is 1. The maximum atomic E-state index is 11.0. The van der Waals surface area contributed by atoms with Crippen LogP contribution in [-0.4, -0.2) is 30.3 Å². The normalized spacial score (nSPS) is 8.90. The minimum Gasteiger partial charge on any atom is -0.460 e. The Morgan fingerprint density at radius 1 is 1.05 bits per heavy atom. The fourth-order valence-corrected chi connectivity index (χ4v) is 0.944. The molecule has 0 atom stereocenters. The highest BCUT2D eigenvalue weighted by molar-refractivity contribution is 5.88. The van der Waals surface area contributed by atoms with Crippen molar-refractivity contribution < 1.29 is 24.2 Å². The summed E-state index contributed by atoms with van der Waals surface area (Å²) in [5.74, 6) is -0.296. The Morgan fingerprint density at radius 2 is 1.57 bits per heavy atom. The highest BCUT2D eigenvalue weighted by Crippen LogP contribution is 2.09. The van der Waals surface area contributed by atoms with Crippen LogP contribution in [0.5, 0.6) is 5.75 Å². The standard InChI is InChI=1S/C10H10O2.C6H10O3/c1-8(2)10(11)12-9-6-4-3-5-7-9;1-5(2)6(8)9-4-3-7/h3-7H,1H2,2H3;7H,1,3-4H2,2H3. The highest BCUT2D eigenvalue weighted by atomic mass is 16.5. The summed E-state index contributed by atoms with van der Waals surface area (Å²) in [5, 5.41) is 8.19. The molecule has 0 amide bonds. The van der Waals surface area contributed by atoms with Crippen LogP contribution in [0.1, 0.15) is 13.8 Å². The molecule has 0 bridgehead atoms. The van der Waals surface area contributed by atoms with Gasteiger partial charge in [0.25, 0.3) is 0 Å². The Balaban J connectivity index is 0.000000400. The van der Waals surface area contributed by atoms with Crippen LogP contribution in [0.15, 0.2) is 54.6 Å². The fraction of sp³-hybridized carbons (Fsp3) is 0.250. The molecule has 0 spiro atoms. The molecule has 21 heavy (non-hydrogen) atoms. The zero-order valence-electron chi connectivity index (χ0n) is 12.3. The molecule has 5 heteroatoms. The summed E-state index contributed by atoms with van der Waals surface area (Å²) in [7, 11) is 0. The molecule has 0 radical (unpaired) electrons. The molecular formula is C16H20O5. The molecule has 0 saturated carbocycles. The molecule has 0 fully saturated rings. The van der Waals surface area contributed by atoms with Gasteiger partial charge in [-0.15, -0.1) is 0 Å². The van der Waals surface area contributed by atoms with E-state index in [1.165, 1.54) is 0 Å². The number of rotatable bonds is 5. The Hall–Kier alpha value is -2.40. The van der Waals surface area contributed by atoms with Gasteiger partial charge in [0.15, 0.2) is 0 Å². The maximum absolute atomic E-state index is 11.0. The Kier molecular flexibility index (Phi) is 9.21. The minimum absolute atomic E-state index is 0.0473. The molecule has 1 aromatic carbocycles. The Bertz CT molecular complexity index is 491. The van der Waals surface area contributed by atoms with E-state index in [-0.39, 0.29) is 19.2 Å². The SMILES string of the molecule is C=C(C)C(=O)OCCO.C=C(C)C(=O)Oc1ccccc1. The van der Waals surface area contributed by atoms with Gasteiger partial charge in [0.1, 0.15) is 12.4 Å². The van der Waals surface area contributed by atoms with Crippen LogP contribution in [-0.2, 0) is 14.3 Å². The predicted octanol–water partition coefficient (Wildman–Crippen LogP) is 2.27. The van der Waals surface area contributed by atoms with Crippen LogP contribution in [0.25, 0.3) is 0 Å². The summed E-state index contributed by atoms with van der Waals surface area (Å²) >= 11 is 0. The third-order valence-corrected chi connectivity index (χ3v) is 1.98. The van der Waals surface area contributed by atoms with E-state index >= 15 is 0 Å². The van der Waals surface area contributed by atoms with Crippen LogP contribution >= 0.6 is 0 Å². The molecule has 0 aliphatic carbocycles. The van der Waals surface area contributed by atoms with E-state index < -0.39 is 5.97 Å². The first kappa shape index (κ1) is 18.6. The van der Waals surface area contributed by atoms with Crippen molar-refractivity contribution in [3.05, 3.63) is 54.6 Å². The van der Waals surface area contributed by atoms with E-state index in [2.05, 4.69) is 17.9 Å². The average molecular weight is 292 g/mol. The summed E-state index contributed by atoms with van der Waals surface area (Å²) in [6, 6.07) is 8.92. The molecule has 1 rings (SSSR count). The number of carbonyl (C=O) groups excluding carboxylic acids is 2. The summed E-state index contributed by atoms with van der Waals surface area (Å²) in [5.41, 5.74) is 0.752. The van der Waals surface area contributed by atoms with Crippen molar-refractivity contribution in [3.8, 4) is 5.75 Å². The van der Waals surface area contributed by atoms with Crippen LogP contribution in [0.2, 0.25) is 0 Å². The molecule has 1 aromatic rings. The van der Waals surface area contributed by atoms with Gasteiger partial charge in [0.05, 0.1) is 6.61 Å². The van der Waals surface area contributed by atoms with Crippen molar-refractivity contribution in [2.24, 2.45) is 0 Å². The molecule has 5 nitrogen and oxygen atoms in total. The smallest absolute Gasteiger partial charge is 0.338 e. The lowest BCUT2D eigenvalue weighted by Gasteiger charge is -2.01. The Labute approximate surface area is 124 Å². The van der Waals surface area contributed by atoms with Crippen LogP contribution < -0.4 is 4.74 Å². The van der Waals surface area contributed by atoms with Gasteiger partial charge in [-0.2, -0.15) is 0 Å². The second-order valence-electron chi connectivity index (χ2n) is 4.12. The molecule has 0 aliphatic heterocycles. The van der Waals surface area contributed by atoms with Crippen molar-refractivity contribution in [1.82, 2.24) is 0 Å². The lowest BCUT2D eigenvalue weighted by atomic mass is 10.3. The highest BCUT2D eigenvalue weighted by Gasteiger charge is 2.03. The van der Waals surface area contributed by atoms with Crippen molar-refractivity contribution in [2.75, 3.05) is 13.2 Å². The van der Waals surface area contributed by atoms with Gasteiger partial charge in [0, 0.05) is 11.1 Å². The lowest BCUT2D eigenvalue weighted by Crippen LogP contribution is -2.08. The third kappa shape index (κ3) is 9.18. The van der Waals surface area contributed by atoms with E-state index in [0.29, 0.717) is 16.9 Å². The molecule has 114 valence electrons. The van der Waals surface area contributed by atoms with Crippen LogP contribution in [0, 0.1) is 0 Å². The van der Waals surface area contributed by atoms with Gasteiger partial charge in [-0.1, -0.05) is 31.4 Å². The van der Waals surface area contributed by atoms with E-state index in [4.69, 9.17) is 9.84 Å². The zero-order valence-corrected chi connectivity index (χ0v) is 12.3. The number of aliphatic hydroxyl groups is 1. The molecule has 0 saturated heterocycles. The van der Waals surface area contributed by atoms with Crippen LogP contribution in [0.4, 0.5) is 0 Å². The molecule has 1 N–H and O–H groups in total. The zero-order chi connectivity index (χ0) is 16.3. The van der Waals surface area contributed by atoms with Crippen molar-refractivity contribution in [3.63, 3.8) is 0 Å². The van der Waals surface area contributed by atoms with E-state index in [9.17, 15) is 9.59 Å². The first-order valence-corrected chi connectivity index (χ1v) is 6.24. The van der Waals surface area contributed by atoms with Gasteiger partial charge in [0.2, 0.25) is 0 Å². The molecule has 0 aromatic heterocycles. The number of carbonyl (C=O) groups is 2. The summed E-state index contributed by atoms with van der Waals surface area (Å²) in [6.07, 6.45) is 0. The van der Waals surface area contributed by atoms with Gasteiger partial charge in [-0.05, 0) is 26.0 Å². The Morgan fingerprint density at radius 3 is 2.00 bits per heavy atom. The molecular weight excluding hydrogens is 272 g/mol. The largest absolute Gasteiger partial charge is 0.460 e. The summed E-state index contributed by atoms with van der Waals surface area (Å²) < 4.78 is 9.40. The molecule has 0 aliphatic rings. The first-order valence-electron chi connectivity index (χ1n) is 6.24. The average Bonchev–Trinajstić information content (AvgIpc) is 2.46. The maximum Gasteiger partial charge on any atom is 0.338 e. The minimum atomic E-state index is -0.455. The first-order chi connectivity index (χ1) is 9.88. The van der Waals surface area contributed by atoms with Crippen molar-refractivity contribution in [2.45, 2.75) is 13.8 Å². The van der Waals surface area contributed by atoms with E-state index in [0.717, 1.165) is 0 Å². The van der Waals surface area contributed by atoms with Crippen molar-refractivity contribution in [1.29, 1.82) is 0 Å². The monoisotopic (exact) mass is 292 g/mol. The van der Waals surface area contributed by atoms with Gasteiger partial charge < -0.3 is 14.6 Å². The van der Waals surface area contributed by atoms with Crippen molar-refractivity contribution >= 4 is 11.9 Å². The molecule has 0 heterocycles. The fourth-order valence-electron chi connectivity index (χ4n) is 0.944. The number of benzene rings is 1. The van der Waals surface area contributed by atoms with Gasteiger partial charge in [-0.3, -0.25) is 0 Å². The summed E-state index contributed by atoms with van der Waals surface area (Å²) in [6.45, 7) is 9.91. The van der Waals surface area contributed by atoms with E-state index in [1.807, 2.05) is 6.07 Å². The number of ether oxygens (including phenoxy) is 2. The van der Waals surface area contributed by atoms with Gasteiger partial charge in [-0.25, -0.2) is 9.59 Å². The second kappa shape index (κ2) is 10.4. The number of aliphatic hydroxyl groups excluding tert-OH is 1. The predicted molar refractivity (Wildman–Crippen MR) is 79.7 cm³/mol. The number of para-hydroxylation sites is 1. The molecule has 0 unspecified atom stereocenters. The quantitative estimate of drug-likeness (QED) is 0.512. The van der Waals surface area contributed by atoms with E-state index in [1.54, 1.807) is 38.1 Å². The summed E-state index contributed by atoms with van der Waals surface area (Å²) in [4.78, 5) is 21.5. The lowest BCUT2D eigenvalue weighted by molar-refractivity contribution is -0.139. The third-order valence-electron chi connectivity index (χ3n) is 1.98. The second-order valence-corrected chi connectivity index (χ2v) is 4.12. The number of hydrogen-bond acceptors (Lipinski definition) is 5.